The Morgan fingerprint density at radius 1 is 0.550 bits per heavy atom. The van der Waals surface area contributed by atoms with Gasteiger partial charge in [-0.25, -0.2) is 19.9 Å². The lowest BCUT2D eigenvalue weighted by atomic mass is 10.5. The van der Waals surface area contributed by atoms with Gasteiger partial charge in [-0.1, -0.05) is 16.5 Å². The highest BCUT2D eigenvalue weighted by atomic mass is 15.5. The van der Waals surface area contributed by atoms with Gasteiger partial charge in [-0.05, 0) is 24.3 Å². The standard InChI is InChI=1S/C6H5N3.C5H5N.2C3H4N2.C2H3N3.2CH2N4/c1-2-8-6-3-7-4-9-5(1)6;1-2-4-6-5-3-1;1-2-5-3-4-1;1-2-4-5-3-1;1-3-2-5-4-1;2*1-2-4-5-3-1/h1-4,8H;1-5H;2*1-3H,(H,4,5);1-2H,(H,3,4,5);2*1H,(H,2,3,4,5). The highest BCUT2D eigenvalue weighted by molar-refractivity contribution is 5.72. The van der Waals surface area contributed by atoms with Crippen LogP contribution < -0.4 is 0 Å². The van der Waals surface area contributed by atoms with E-state index in [-0.39, 0.29) is 0 Å². The quantitative estimate of drug-likeness (QED) is 0.156. The van der Waals surface area contributed by atoms with Crippen LogP contribution in [0.3, 0.4) is 0 Å². The van der Waals surface area contributed by atoms with E-state index in [9.17, 15) is 0 Å². The molecule has 0 saturated carbocycles. The maximum atomic E-state index is 4.00. The molecule has 8 aromatic rings. The number of rotatable bonds is 0. The van der Waals surface area contributed by atoms with Crippen molar-refractivity contribution in [2.45, 2.75) is 0 Å². The average molecular weight is 544 g/mol. The van der Waals surface area contributed by atoms with Crippen LogP contribution in [0.25, 0.3) is 11.0 Å². The van der Waals surface area contributed by atoms with E-state index >= 15 is 0 Å². The molecule has 0 radical (unpaired) electrons. The molecule has 0 bridgehead atoms. The molecule has 0 aliphatic carbocycles. The zero-order chi connectivity index (χ0) is 28.0. The van der Waals surface area contributed by atoms with Crippen LogP contribution in [0.5, 0.6) is 0 Å². The first-order chi connectivity index (χ1) is 20.0. The molecule has 19 heteroatoms. The van der Waals surface area contributed by atoms with E-state index in [0.29, 0.717) is 0 Å². The normalized spacial score (nSPS) is 8.50. The number of pyridine rings is 1. The minimum atomic E-state index is 0.963. The lowest BCUT2D eigenvalue weighted by molar-refractivity contribution is 0.881. The van der Waals surface area contributed by atoms with E-state index < -0.39 is 0 Å². The third-order valence-corrected chi connectivity index (χ3v) is 3.47. The number of hydrogen-bond donors (Lipinski definition) is 6. The van der Waals surface area contributed by atoms with Crippen molar-refractivity contribution in [3.63, 3.8) is 0 Å². The number of imidazole rings is 1. The number of aromatic nitrogens is 19. The summed E-state index contributed by atoms with van der Waals surface area (Å²) < 4.78 is 0. The van der Waals surface area contributed by atoms with Gasteiger partial charge in [-0.2, -0.15) is 20.6 Å². The monoisotopic (exact) mass is 543 g/mol. The predicted molar refractivity (Wildman–Crippen MR) is 140 cm³/mol. The number of tetrazole rings is 2. The summed E-state index contributed by atoms with van der Waals surface area (Å²) in [6, 6.07) is 9.46. The average Bonchev–Trinajstić information content (AvgIpc) is 3.91. The predicted octanol–water partition coefficient (Wildman–Crippen LogP) is 1.06. The molecule has 0 aromatic carbocycles. The van der Waals surface area contributed by atoms with Gasteiger partial charge in [0.1, 0.15) is 19.0 Å². The Hall–Kier alpha value is -6.53. The van der Waals surface area contributed by atoms with Crippen LogP contribution >= 0.6 is 0 Å². The largest absolute Gasteiger partial charge is 0.359 e. The molecule has 0 fully saturated rings. The number of hydrogen-bond acceptors (Lipinski definition) is 13. The Morgan fingerprint density at radius 2 is 1.38 bits per heavy atom. The first-order valence-corrected chi connectivity index (χ1v) is 11.0. The van der Waals surface area contributed by atoms with E-state index in [2.05, 4.69) is 96.5 Å². The van der Waals surface area contributed by atoms with Crippen molar-refractivity contribution >= 4 is 11.0 Å². The van der Waals surface area contributed by atoms with E-state index in [4.69, 9.17) is 0 Å². The van der Waals surface area contributed by atoms with Gasteiger partial charge >= 0.3 is 0 Å². The Labute approximate surface area is 225 Å². The van der Waals surface area contributed by atoms with Crippen molar-refractivity contribution in [2.24, 2.45) is 0 Å². The van der Waals surface area contributed by atoms with Gasteiger partial charge in [0.15, 0.2) is 12.7 Å². The summed E-state index contributed by atoms with van der Waals surface area (Å²) >= 11 is 0. The van der Waals surface area contributed by atoms with Crippen molar-refractivity contribution in [1.29, 1.82) is 0 Å². The molecule has 204 valence electrons. The van der Waals surface area contributed by atoms with Gasteiger partial charge in [-0.3, -0.25) is 15.2 Å². The van der Waals surface area contributed by atoms with Gasteiger partial charge in [0, 0.05) is 43.4 Å². The molecule has 8 rings (SSSR count). The Balaban J connectivity index is 0.000000166. The Bertz CT molecular complexity index is 1130. The molecule has 19 nitrogen and oxygen atoms in total. The van der Waals surface area contributed by atoms with Crippen LogP contribution in [0.2, 0.25) is 0 Å². The maximum Gasteiger partial charge on any atom is 0.161 e. The Kier molecular flexibility index (Phi) is 17.0. The maximum absolute atomic E-state index is 4.00. The molecule has 0 aliphatic rings. The van der Waals surface area contributed by atoms with Crippen molar-refractivity contribution in [2.75, 3.05) is 0 Å². The van der Waals surface area contributed by atoms with Crippen LogP contribution in [0.1, 0.15) is 0 Å². The van der Waals surface area contributed by atoms with Gasteiger partial charge < -0.3 is 9.97 Å². The zero-order valence-corrected chi connectivity index (χ0v) is 20.8. The smallest absolute Gasteiger partial charge is 0.161 e. The molecule has 0 atom stereocenters. The first-order valence-electron chi connectivity index (χ1n) is 11.0. The molecule has 0 aliphatic heterocycles. The van der Waals surface area contributed by atoms with Crippen LogP contribution in [-0.4, -0.2) is 96.5 Å². The van der Waals surface area contributed by atoms with Crippen molar-refractivity contribution in [3.05, 3.63) is 118 Å². The minimum absolute atomic E-state index is 0.963. The van der Waals surface area contributed by atoms with Crippen molar-refractivity contribution in [1.82, 2.24) is 96.5 Å². The van der Waals surface area contributed by atoms with Crippen LogP contribution in [-0.2, 0) is 0 Å². The molecular formula is C21H25N19. The van der Waals surface area contributed by atoms with Gasteiger partial charge in [0.25, 0.3) is 0 Å². The molecular weight excluding hydrogens is 518 g/mol. The first kappa shape index (κ1) is 29.7. The summed E-state index contributed by atoms with van der Waals surface area (Å²) in [4.78, 5) is 24.6. The van der Waals surface area contributed by atoms with Gasteiger partial charge in [0.05, 0.1) is 23.6 Å². The SMILES string of the molecule is c1c[nH]cn1.c1ccncc1.c1cn[nH]c1.c1nc[nH]n1.c1ncc2[nH]ccc2n1.c1nn[nH]n1.c1nn[nH]n1. The van der Waals surface area contributed by atoms with Crippen molar-refractivity contribution in [3.8, 4) is 0 Å². The fraction of sp³-hybridized carbons (Fsp3) is 0. The van der Waals surface area contributed by atoms with Crippen LogP contribution in [0.4, 0.5) is 0 Å². The third-order valence-electron chi connectivity index (χ3n) is 3.47. The fourth-order valence-corrected chi connectivity index (χ4v) is 1.96. The minimum Gasteiger partial charge on any atom is -0.359 e. The summed E-state index contributed by atoms with van der Waals surface area (Å²) in [6.07, 6.45) is 22.8. The molecule has 0 spiro atoms. The number of nitrogens with zero attached hydrogens (tertiary/aromatic N) is 13. The number of aromatic amines is 6. The fourth-order valence-electron chi connectivity index (χ4n) is 1.96. The summed E-state index contributed by atoms with van der Waals surface area (Å²) in [6.45, 7) is 0. The molecule has 40 heavy (non-hydrogen) atoms. The molecule has 8 aromatic heterocycles. The summed E-state index contributed by atoms with van der Waals surface area (Å²) in [5.41, 5.74) is 1.95. The van der Waals surface area contributed by atoms with Crippen molar-refractivity contribution < 1.29 is 0 Å². The second kappa shape index (κ2) is 22.9. The lowest BCUT2D eigenvalue weighted by Crippen LogP contribution is -1.74. The number of fused-ring (bicyclic) bond motifs is 1. The summed E-state index contributed by atoms with van der Waals surface area (Å²) in [5.74, 6) is 0. The van der Waals surface area contributed by atoms with Gasteiger partial charge in [0.2, 0.25) is 0 Å². The molecule has 8 heterocycles. The summed E-state index contributed by atoms with van der Waals surface area (Å²) in [7, 11) is 0. The van der Waals surface area contributed by atoms with Crippen LogP contribution in [0, 0.1) is 0 Å². The highest BCUT2D eigenvalue weighted by Gasteiger charge is 1.89. The Morgan fingerprint density at radius 3 is 1.70 bits per heavy atom. The van der Waals surface area contributed by atoms with Gasteiger partial charge in [-0.15, -0.1) is 20.4 Å². The number of nitrogens with one attached hydrogen (secondary N) is 6. The molecule has 0 unspecified atom stereocenters. The lowest BCUT2D eigenvalue weighted by Gasteiger charge is -1.82. The third kappa shape index (κ3) is 17.0. The van der Waals surface area contributed by atoms with E-state index in [1.54, 1.807) is 49.7 Å². The number of H-pyrrole nitrogens is 6. The topological polar surface area (TPSA) is 262 Å². The molecule has 6 N–H and O–H groups in total. The van der Waals surface area contributed by atoms with E-state index in [1.807, 2.05) is 36.5 Å². The molecule has 0 saturated heterocycles. The zero-order valence-electron chi connectivity index (χ0n) is 20.8. The second-order valence-corrected chi connectivity index (χ2v) is 6.12. The molecule has 0 amide bonds. The van der Waals surface area contributed by atoms with E-state index in [1.165, 1.54) is 31.6 Å². The second-order valence-electron chi connectivity index (χ2n) is 6.12. The highest BCUT2D eigenvalue weighted by Crippen LogP contribution is 2.03. The van der Waals surface area contributed by atoms with E-state index in [0.717, 1.165) is 11.0 Å². The summed E-state index contributed by atoms with van der Waals surface area (Å²) in [5, 5.41) is 36.5. The van der Waals surface area contributed by atoms with Crippen LogP contribution in [0.15, 0.2) is 118 Å².